The van der Waals surface area contributed by atoms with Crippen molar-refractivity contribution in [2.45, 2.75) is 58.0 Å². The Kier molecular flexibility index (Phi) is 4.58. The Hall–Kier alpha value is -0.163. The fraction of sp³-hybridized carbons (Fsp3) is 0.692. The normalized spacial score (nSPS) is 16.9. The number of hydrogen-bond donors (Lipinski definition) is 1. The molecule has 0 saturated carbocycles. The van der Waals surface area contributed by atoms with E-state index in [1.165, 1.54) is 0 Å². The molecule has 0 radical (unpaired) electrons. The molecule has 0 aliphatic rings. The quantitative estimate of drug-likeness (QED) is 0.833. The fourth-order valence-corrected chi connectivity index (χ4v) is 3.61. The van der Waals surface area contributed by atoms with E-state index < -0.39 is 14.4 Å². The van der Waals surface area contributed by atoms with Crippen LogP contribution in [0.5, 0.6) is 0 Å². The summed E-state index contributed by atoms with van der Waals surface area (Å²) in [6.07, 6.45) is -0.654. The molecule has 4 heteroatoms. The largest absolute Gasteiger partial charge is 0.411 e. The van der Waals surface area contributed by atoms with Gasteiger partial charge in [-0.2, -0.15) is 0 Å². The third-order valence-electron chi connectivity index (χ3n) is 3.57. The summed E-state index contributed by atoms with van der Waals surface area (Å²) in [5.41, 5.74) is 0. The van der Waals surface area contributed by atoms with E-state index in [0.29, 0.717) is 0 Å². The molecule has 0 bridgehead atoms. The molecular weight excluding hydrogens is 248 g/mol. The molecule has 1 aromatic rings. The molecule has 1 rings (SSSR count). The van der Waals surface area contributed by atoms with Gasteiger partial charge in [-0.05, 0) is 36.5 Å². The highest BCUT2D eigenvalue weighted by Crippen LogP contribution is 2.38. The van der Waals surface area contributed by atoms with Crippen molar-refractivity contribution in [2.24, 2.45) is 0 Å². The van der Waals surface area contributed by atoms with Crippen LogP contribution in [0.25, 0.3) is 0 Å². The van der Waals surface area contributed by atoms with Crippen molar-refractivity contribution < 1.29 is 9.53 Å². The molecule has 0 aliphatic heterocycles. The molecule has 1 N–H and O–H groups in total. The van der Waals surface area contributed by atoms with Gasteiger partial charge in [-0.25, -0.2) is 0 Å². The van der Waals surface area contributed by atoms with Crippen LogP contribution in [0.4, 0.5) is 0 Å². The molecule has 1 aromatic heterocycles. The highest BCUT2D eigenvalue weighted by molar-refractivity contribution is 7.10. The van der Waals surface area contributed by atoms with Gasteiger partial charge in [0.2, 0.25) is 0 Å². The van der Waals surface area contributed by atoms with Gasteiger partial charge in [-0.1, -0.05) is 26.8 Å². The van der Waals surface area contributed by atoms with Crippen LogP contribution in [0.2, 0.25) is 18.1 Å². The molecule has 0 fully saturated rings. The summed E-state index contributed by atoms with van der Waals surface area (Å²) < 4.78 is 6.18. The molecule has 2 atom stereocenters. The van der Waals surface area contributed by atoms with E-state index in [0.717, 1.165) is 4.88 Å². The zero-order valence-electron chi connectivity index (χ0n) is 11.7. The van der Waals surface area contributed by atoms with Gasteiger partial charge >= 0.3 is 0 Å². The van der Waals surface area contributed by atoms with Crippen molar-refractivity contribution in [1.82, 2.24) is 0 Å². The smallest absolute Gasteiger partial charge is 0.192 e. The third kappa shape index (κ3) is 3.65. The second-order valence-corrected chi connectivity index (χ2v) is 11.8. The second kappa shape index (κ2) is 5.22. The number of hydrogen-bond acceptors (Lipinski definition) is 3. The van der Waals surface area contributed by atoms with E-state index >= 15 is 0 Å². The molecule has 0 aliphatic carbocycles. The van der Waals surface area contributed by atoms with Crippen molar-refractivity contribution >= 4 is 19.7 Å². The summed E-state index contributed by atoms with van der Waals surface area (Å²) in [5.74, 6) is 0. The summed E-state index contributed by atoms with van der Waals surface area (Å²) in [7, 11) is -1.80. The molecule has 0 saturated heterocycles. The lowest BCUT2D eigenvalue weighted by molar-refractivity contribution is 0.0403. The Morgan fingerprint density at radius 2 is 1.94 bits per heavy atom. The van der Waals surface area contributed by atoms with Crippen LogP contribution in [-0.2, 0) is 4.43 Å². The van der Waals surface area contributed by atoms with E-state index in [4.69, 9.17) is 4.43 Å². The second-order valence-electron chi connectivity index (χ2n) is 6.04. The number of aliphatic hydroxyl groups is 1. The third-order valence-corrected chi connectivity index (χ3v) is 9.08. The molecule has 0 spiro atoms. The van der Waals surface area contributed by atoms with Gasteiger partial charge < -0.3 is 9.53 Å². The van der Waals surface area contributed by atoms with Gasteiger partial charge in [-0.15, -0.1) is 11.3 Å². The van der Waals surface area contributed by atoms with Gasteiger partial charge in [0, 0.05) is 4.88 Å². The minimum Gasteiger partial charge on any atom is -0.411 e. The maximum absolute atomic E-state index is 10.2. The first-order valence-corrected chi connectivity index (χ1v) is 9.83. The molecular formula is C13H24O2SSi. The highest BCUT2D eigenvalue weighted by Gasteiger charge is 2.39. The van der Waals surface area contributed by atoms with Crippen LogP contribution in [0, 0.1) is 0 Å². The minimum atomic E-state index is -1.80. The summed E-state index contributed by atoms with van der Waals surface area (Å²) in [4.78, 5) is 0.983. The van der Waals surface area contributed by atoms with Gasteiger partial charge in [0.05, 0.1) is 6.10 Å². The maximum atomic E-state index is 10.2. The van der Waals surface area contributed by atoms with Crippen LogP contribution in [-0.4, -0.2) is 19.5 Å². The van der Waals surface area contributed by atoms with E-state index in [2.05, 4.69) is 33.9 Å². The van der Waals surface area contributed by atoms with E-state index in [1.807, 2.05) is 24.4 Å². The predicted octanol–water partition coefficient (Wildman–Crippen LogP) is 4.19. The van der Waals surface area contributed by atoms with Crippen LogP contribution in [0.3, 0.4) is 0 Å². The standard InChI is InChI=1S/C13H24O2SSi/c1-10(12(14)11-8-7-9-16-11)15-17(5,6)13(2,3)4/h7-10,12,14H,1-6H3/t10-,12+/m1/s1. The first-order valence-electron chi connectivity index (χ1n) is 6.04. The van der Waals surface area contributed by atoms with Crippen LogP contribution < -0.4 is 0 Å². The van der Waals surface area contributed by atoms with Gasteiger partial charge in [0.15, 0.2) is 8.32 Å². The first kappa shape index (κ1) is 14.9. The van der Waals surface area contributed by atoms with Gasteiger partial charge in [-0.3, -0.25) is 0 Å². The monoisotopic (exact) mass is 272 g/mol. The highest BCUT2D eigenvalue weighted by atomic mass is 32.1. The lowest BCUT2D eigenvalue weighted by atomic mass is 10.2. The number of rotatable bonds is 4. The van der Waals surface area contributed by atoms with E-state index in [-0.39, 0.29) is 11.1 Å². The lowest BCUT2D eigenvalue weighted by Crippen LogP contribution is -2.44. The average molecular weight is 272 g/mol. The fourth-order valence-electron chi connectivity index (χ4n) is 1.40. The molecule has 2 nitrogen and oxygen atoms in total. The van der Waals surface area contributed by atoms with Gasteiger partial charge in [0.25, 0.3) is 0 Å². The molecule has 0 amide bonds. The lowest BCUT2D eigenvalue weighted by Gasteiger charge is -2.39. The number of aliphatic hydroxyl groups excluding tert-OH is 1. The zero-order chi connectivity index (χ0) is 13.3. The average Bonchev–Trinajstić information content (AvgIpc) is 2.66. The predicted molar refractivity (Wildman–Crippen MR) is 77.0 cm³/mol. The topological polar surface area (TPSA) is 29.5 Å². The Balaban J connectivity index is 2.70. The molecule has 1 heterocycles. The first-order chi connectivity index (χ1) is 7.65. The minimum absolute atomic E-state index is 0.144. The van der Waals surface area contributed by atoms with Crippen molar-refractivity contribution in [3.05, 3.63) is 22.4 Å². The summed E-state index contributed by atoms with van der Waals surface area (Å²) in [6, 6.07) is 3.92. The van der Waals surface area contributed by atoms with E-state index in [1.54, 1.807) is 11.3 Å². The number of thiophene rings is 1. The van der Waals surface area contributed by atoms with Gasteiger partial charge in [0.1, 0.15) is 6.10 Å². The Labute approximate surface area is 110 Å². The van der Waals surface area contributed by atoms with Crippen molar-refractivity contribution in [1.29, 1.82) is 0 Å². The SMILES string of the molecule is C[C@@H](O[Si](C)(C)C(C)(C)C)[C@H](O)c1cccs1. The van der Waals surface area contributed by atoms with Crippen LogP contribution >= 0.6 is 11.3 Å². The van der Waals surface area contributed by atoms with Crippen molar-refractivity contribution in [3.8, 4) is 0 Å². The Morgan fingerprint density at radius 1 is 1.35 bits per heavy atom. The maximum Gasteiger partial charge on any atom is 0.192 e. The van der Waals surface area contributed by atoms with Crippen LogP contribution in [0.15, 0.2) is 17.5 Å². The molecule has 0 unspecified atom stereocenters. The zero-order valence-corrected chi connectivity index (χ0v) is 13.5. The van der Waals surface area contributed by atoms with Crippen molar-refractivity contribution in [2.75, 3.05) is 0 Å². The molecule has 98 valence electrons. The van der Waals surface area contributed by atoms with E-state index in [9.17, 15) is 5.11 Å². The van der Waals surface area contributed by atoms with Crippen LogP contribution in [0.1, 0.15) is 38.7 Å². The Bertz CT molecular complexity index is 341. The summed E-state index contributed by atoms with van der Waals surface area (Å²) in [6.45, 7) is 13.0. The summed E-state index contributed by atoms with van der Waals surface area (Å²) in [5, 5.41) is 12.4. The molecule has 0 aromatic carbocycles. The Morgan fingerprint density at radius 3 is 2.35 bits per heavy atom. The molecule has 17 heavy (non-hydrogen) atoms. The summed E-state index contributed by atoms with van der Waals surface area (Å²) >= 11 is 1.58. The van der Waals surface area contributed by atoms with Crippen molar-refractivity contribution in [3.63, 3.8) is 0 Å².